The summed E-state index contributed by atoms with van der Waals surface area (Å²) in [6, 6.07) is 0.00571. The van der Waals surface area contributed by atoms with Crippen LogP contribution in [0.3, 0.4) is 0 Å². The molecule has 24 heavy (non-hydrogen) atoms. The molecule has 0 spiro atoms. The number of piperidine rings is 1. The average Bonchev–Trinajstić information content (AvgIpc) is 2.45. The molecule has 1 unspecified atom stereocenters. The zero-order chi connectivity index (χ0) is 17.9. The highest BCUT2D eigenvalue weighted by molar-refractivity contribution is 9.18. The first-order valence-electron chi connectivity index (χ1n) is 7.76. The highest BCUT2D eigenvalue weighted by Crippen LogP contribution is 2.23. The molecule has 1 aliphatic rings. The van der Waals surface area contributed by atoms with E-state index >= 15 is 0 Å². The predicted octanol–water partition coefficient (Wildman–Crippen LogP) is 2.59. The zero-order valence-corrected chi connectivity index (χ0v) is 15.7. The van der Waals surface area contributed by atoms with Gasteiger partial charge in [0.25, 0.3) is 0 Å². The predicted molar refractivity (Wildman–Crippen MR) is 96.7 cm³/mol. The standard InChI is InChI=1S/C15H23BrN6O2/c1-15(2,3)24-14(23)22-6-4-5-9(7-22)21-13-10(11(16)17)12(18)19-8-20-13/h8-9,17H,4-7H2,1-3H3,(H3,18,19,20,21). The van der Waals surface area contributed by atoms with Crippen molar-refractivity contribution in [3.63, 3.8) is 0 Å². The molecule has 8 nitrogen and oxygen atoms in total. The van der Waals surface area contributed by atoms with Crippen molar-refractivity contribution in [1.82, 2.24) is 14.9 Å². The number of nitrogens with two attached hydrogens (primary N) is 1. The van der Waals surface area contributed by atoms with E-state index in [2.05, 4.69) is 31.2 Å². The Morgan fingerprint density at radius 2 is 2.21 bits per heavy atom. The Kier molecular flexibility index (Phi) is 5.63. The number of rotatable bonds is 3. The first kappa shape index (κ1) is 18.4. The number of nitrogens with zero attached hydrogens (tertiary/aromatic N) is 3. The number of amides is 1. The summed E-state index contributed by atoms with van der Waals surface area (Å²) in [5.74, 6) is 0.717. The molecule has 0 aromatic carbocycles. The third-order valence-electron chi connectivity index (χ3n) is 3.51. The van der Waals surface area contributed by atoms with Gasteiger partial charge in [0.2, 0.25) is 0 Å². The van der Waals surface area contributed by atoms with Crippen LogP contribution in [0.25, 0.3) is 0 Å². The van der Waals surface area contributed by atoms with E-state index in [0.717, 1.165) is 12.8 Å². The number of carbonyl (C=O) groups is 1. The van der Waals surface area contributed by atoms with Gasteiger partial charge in [0, 0.05) is 19.1 Å². The lowest BCUT2D eigenvalue weighted by molar-refractivity contribution is 0.0206. The molecule has 1 aliphatic heterocycles. The van der Waals surface area contributed by atoms with Gasteiger partial charge in [-0.25, -0.2) is 14.8 Å². The topological polar surface area (TPSA) is 117 Å². The molecular weight excluding hydrogens is 376 g/mol. The van der Waals surface area contributed by atoms with Gasteiger partial charge >= 0.3 is 6.09 Å². The van der Waals surface area contributed by atoms with Gasteiger partial charge in [0.15, 0.2) is 0 Å². The van der Waals surface area contributed by atoms with Crippen LogP contribution in [0.1, 0.15) is 39.2 Å². The fraction of sp³-hybridized carbons (Fsp3) is 0.600. The maximum atomic E-state index is 12.2. The zero-order valence-electron chi connectivity index (χ0n) is 14.1. The van der Waals surface area contributed by atoms with E-state index in [1.807, 2.05) is 20.8 Å². The van der Waals surface area contributed by atoms with Crippen LogP contribution in [-0.2, 0) is 4.74 Å². The number of nitrogen functional groups attached to an aromatic ring is 1. The molecule has 2 rings (SSSR count). The second-order valence-corrected chi connectivity index (χ2v) is 7.50. The smallest absolute Gasteiger partial charge is 0.410 e. The van der Waals surface area contributed by atoms with Crippen LogP contribution in [0, 0.1) is 5.41 Å². The minimum Gasteiger partial charge on any atom is -0.444 e. The monoisotopic (exact) mass is 398 g/mol. The lowest BCUT2D eigenvalue weighted by Crippen LogP contribution is -2.47. The number of aromatic nitrogens is 2. The number of anilines is 2. The van der Waals surface area contributed by atoms with Gasteiger partial charge in [-0.05, 0) is 49.5 Å². The minimum atomic E-state index is -0.517. The van der Waals surface area contributed by atoms with Gasteiger partial charge in [-0.3, -0.25) is 5.41 Å². The number of carbonyl (C=O) groups excluding carboxylic acids is 1. The van der Waals surface area contributed by atoms with Crippen molar-refractivity contribution in [2.24, 2.45) is 0 Å². The minimum absolute atomic E-state index is 0.00571. The first-order chi connectivity index (χ1) is 11.2. The highest BCUT2D eigenvalue weighted by Gasteiger charge is 2.28. The molecule has 0 saturated carbocycles. The molecule has 1 amide bonds. The number of hydrogen-bond acceptors (Lipinski definition) is 7. The summed E-state index contributed by atoms with van der Waals surface area (Å²) < 4.78 is 5.54. The highest BCUT2D eigenvalue weighted by atomic mass is 79.9. The number of halogens is 1. The summed E-state index contributed by atoms with van der Waals surface area (Å²) in [5, 5.41) is 11.0. The Bertz CT molecular complexity index is 631. The van der Waals surface area contributed by atoms with Gasteiger partial charge in [0.05, 0.1) is 5.56 Å². The van der Waals surface area contributed by atoms with Crippen molar-refractivity contribution in [1.29, 1.82) is 5.41 Å². The summed E-state index contributed by atoms with van der Waals surface area (Å²) >= 11 is 3.12. The largest absolute Gasteiger partial charge is 0.444 e. The summed E-state index contributed by atoms with van der Waals surface area (Å²) in [6.45, 7) is 6.72. The molecule has 9 heteroatoms. The van der Waals surface area contributed by atoms with Crippen molar-refractivity contribution >= 4 is 38.3 Å². The summed E-state index contributed by atoms with van der Waals surface area (Å²) in [5.41, 5.74) is 5.73. The van der Waals surface area contributed by atoms with Crippen LogP contribution < -0.4 is 11.1 Å². The van der Waals surface area contributed by atoms with Crippen molar-refractivity contribution in [3.8, 4) is 0 Å². The third kappa shape index (κ3) is 4.80. The van der Waals surface area contributed by atoms with E-state index in [-0.39, 0.29) is 22.6 Å². The summed E-state index contributed by atoms with van der Waals surface area (Å²) in [4.78, 5) is 22.0. The van der Waals surface area contributed by atoms with E-state index in [9.17, 15) is 4.79 Å². The van der Waals surface area contributed by atoms with Crippen LogP contribution in [-0.4, -0.2) is 50.3 Å². The average molecular weight is 399 g/mol. The normalized spacial score (nSPS) is 18.2. The Hall–Kier alpha value is -1.90. The Morgan fingerprint density at radius 3 is 2.83 bits per heavy atom. The molecule has 1 fully saturated rings. The second-order valence-electron chi connectivity index (χ2n) is 6.71. The maximum Gasteiger partial charge on any atom is 0.410 e. The molecule has 0 aliphatic carbocycles. The molecule has 0 bridgehead atoms. The molecule has 1 saturated heterocycles. The Labute approximate surface area is 149 Å². The number of nitrogens with one attached hydrogen (secondary N) is 2. The molecule has 1 atom stereocenters. The van der Waals surface area contributed by atoms with Gasteiger partial charge in [0.1, 0.15) is 28.2 Å². The lowest BCUT2D eigenvalue weighted by atomic mass is 10.1. The van der Waals surface area contributed by atoms with Crippen molar-refractivity contribution in [3.05, 3.63) is 11.9 Å². The lowest BCUT2D eigenvalue weighted by Gasteiger charge is -2.34. The van der Waals surface area contributed by atoms with E-state index in [0.29, 0.717) is 24.5 Å². The maximum absolute atomic E-state index is 12.2. The summed E-state index contributed by atoms with van der Waals surface area (Å²) in [7, 11) is 0. The number of hydrogen-bond donors (Lipinski definition) is 3. The molecule has 1 aromatic rings. The van der Waals surface area contributed by atoms with E-state index in [1.54, 1.807) is 4.90 Å². The van der Waals surface area contributed by atoms with Gasteiger partial charge < -0.3 is 20.7 Å². The molecule has 132 valence electrons. The van der Waals surface area contributed by atoms with Crippen LogP contribution in [0.15, 0.2) is 6.33 Å². The van der Waals surface area contributed by atoms with Gasteiger partial charge in [-0.1, -0.05) is 0 Å². The quantitative estimate of drug-likeness (QED) is 0.673. The Morgan fingerprint density at radius 1 is 1.50 bits per heavy atom. The molecule has 4 N–H and O–H groups in total. The van der Waals surface area contributed by atoms with Crippen molar-refractivity contribution in [2.45, 2.75) is 45.3 Å². The Balaban J connectivity index is 2.08. The fourth-order valence-corrected chi connectivity index (χ4v) is 2.90. The second kappa shape index (κ2) is 7.33. The number of likely N-dealkylation sites (tertiary alicyclic amines) is 1. The van der Waals surface area contributed by atoms with Crippen LogP contribution in [0.2, 0.25) is 0 Å². The molecular formula is C15H23BrN6O2. The van der Waals surface area contributed by atoms with Crippen LogP contribution in [0.4, 0.5) is 16.4 Å². The van der Waals surface area contributed by atoms with Gasteiger partial charge in [-0.15, -0.1) is 0 Å². The first-order valence-corrected chi connectivity index (χ1v) is 8.56. The fourth-order valence-electron chi connectivity index (χ4n) is 2.51. The van der Waals surface area contributed by atoms with E-state index in [1.165, 1.54) is 6.33 Å². The molecule has 0 radical (unpaired) electrons. The number of ether oxygens (including phenoxy) is 1. The third-order valence-corrected chi connectivity index (χ3v) is 3.91. The van der Waals surface area contributed by atoms with Crippen LogP contribution >= 0.6 is 15.9 Å². The SMILES string of the molecule is CC(C)(C)OC(=O)N1CCCC(Nc2ncnc(N)c2C(=N)Br)C1. The van der Waals surface area contributed by atoms with E-state index in [4.69, 9.17) is 15.9 Å². The van der Waals surface area contributed by atoms with Crippen LogP contribution in [0.5, 0.6) is 0 Å². The van der Waals surface area contributed by atoms with Crippen molar-refractivity contribution in [2.75, 3.05) is 24.1 Å². The summed E-state index contributed by atoms with van der Waals surface area (Å²) in [6.07, 6.45) is 2.78. The van der Waals surface area contributed by atoms with E-state index < -0.39 is 5.60 Å². The molecule has 1 aromatic heterocycles. The van der Waals surface area contributed by atoms with Gasteiger partial charge in [-0.2, -0.15) is 0 Å². The molecule has 2 heterocycles. The van der Waals surface area contributed by atoms with Crippen molar-refractivity contribution < 1.29 is 9.53 Å².